The number of pyridine rings is 1. The van der Waals surface area contributed by atoms with Crippen molar-refractivity contribution in [3.8, 4) is 11.5 Å². The fourth-order valence-corrected chi connectivity index (χ4v) is 1.68. The van der Waals surface area contributed by atoms with E-state index < -0.39 is 5.60 Å². The third kappa shape index (κ3) is 4.46. The molecule has 6 nitrogen and oxygen atoms in total. The number of hydroxylamine groups is 1. The average Bonchev–Trinajstić information content (AvgIpc) is 2.47. The Hall–Kier alpha value is -2.60. The smallest absolute Gasteiger partial charge is 0.238 e. The molecule has 0 saturated heterocycles. The maximum Gasteiger partial charge on any atom is 0.238 e. The van der Waals surface area contributed by atoms with Crippen molar-refractivity contribution in [1.29, 1.82) is 0 Å². The van der Waals surface area contributed by atoms with Gasteiger partial charge in [0.1, 0.15) is 17.3 Å². The van der Waals surface area contributed by atoms with Crippen molar-refractivity contribution in [2.45, 2.75) is 26.4 Å². The second-order valence-electron chi connectivity index (χ2n) is 5.65. The van der Waals surface area contributed by atoms with E-state index in [1.165, 1.54) is 5.06 Å². The van der Waals surface area contributed by atoms with Crippen molar-refractivity contribution in [2.75, 3.05) is 10.8 Å². The number of carbonyl (C=O) groups excluding carboxylic acids is 1. The van der Waals surface area contributed by atoms with Gasteiger partial charge in [0.15, 0.2) is 0 Å². The number of nitrogens with two attached hydrogens (primary N) is 1. The van der Waals surface area contributed by atoms with Crippen LogP contribution < -0.4 is 15.5 Å². The number of carbonyl (C=O) groups is 1. The maximum absolute atomic E-state index is 11.1. The molecule has 1 heterocycles. The second-order valence-corrected chi connectivity index (χ2v) is 5.65. The van der Waals surface area contributed by atoms with E-state index in [1.807, 2.05) is 20.8 Å². The van der Waals surface area contributed by atoms with E-state index in [9.17, 15) is 4.79 Å². The minimum atomic E-state index is -0.467. The zero-order valence-electron chi connectivity index (χ0n) is 12.8. The number of rotatable bonds is 5. The van der Waals surface area contributed by atoms with E-state index in [1.54, 1.807) is 42.6 Å². The van der Waals surface area contributed by atoms with E-state index in [4.69, 9.17) is 15.3 Å². The van der Waals surface area contributed by atoms with E-state index >= 15 is 0 Å². The Morgan fingerprint density at radius 3 is 2.23 bits per heavy atom. The van der Waals surface area contributed by atoms with Crippen molar-refractivity contribution in [3.05, 3.63) is 42.6 Å². The molecule has 0 aliphatic carbocycles. The summed E-state index contributed by atoms with van der Waals surface area (Å²) in [6.45, 7) is 5.61. The molecule has 0 spiro atoms. The van der Waals surface area contributed by atoms with Gasteiger partial charge in [-0.05, 0) is 57.2 Å². The van der Waals surface area contributed by atoms with E-state index in [2.05, 4.69) is 4.98 Å². The summed E-state index contributed by atoms with van der Waals surface area (Å²) in [5.74, 6) is 1.64. The highest BCUT2D eigenvalue weighted by molar-refractivity contribution is 5.72. The van der Waals surface area contributed by atoms with Gasteiger partial charge in [-0.25, -0.2) is 4.98 Å². The first-order valence-electron chi connectivity index (χ1n) is 6.80. The Kier molecular flexibility index (Phi) is 4.62. The second kappa shape index (κ2) is 6.44. The number of ether oxygens (including phenoxy) is 1. The summed E-state index contributed by atoms with van der Waals surface area (Å²) in [5.41, 5.74) is 5.67. The monoisotopic (exact) mass is 301 g/mol. The molecule has 22 heavy (non-hydrogen) atoms. The van der Waals surface area contributed by atoms with Gasteiger partial charge in [-0.3, -0.25) is 9.63 Å². The predicted molar refractivity (Wildman–Crippen MR) is 84.5 cm³/mol. The Labute approximate surface area is 129 Å². The van der Waals surface area contributed by atoms with Crippen LogP contribution in [0.3, 0.4) is 0 Å². The quantitative estimate of drug-likeness (QED) is 0.678. The first-order chi connectivity index (χ1) is 10.4. The lowest BCUT2D eigenvalue weighted by Crippen LogP contribution is -2.32. The van der Waals surface area contributed by atoms with Crippen LogP contribution in [0.25, 0.3) is 0 Å². The first kappa shape index (κ1) is 15.8. The number of nitrogens with zero attached hydrogens (tertiary/aromatic N) is 2. The van der Waals surface area contributed by atoms with E-state index in [0.717, 1.165) is 0 Å². The summed E-state index contributed by atoms with van der Waals surface area (Å²) in [6, 6.07) is 10.4. The summed E-state index contributed by atoms with van der Waals surface area (Å²) >= 11 is 0. The summed E-state index contributed by atoms with van der Waals surface area (Å²) in [7, 11) is 0. The molecule has 116 valence electrons. The third-order valence-electron chi connectivity index (χ3n) is 2.55. The van der Waals surface area contributed by atoms with Crippen molar-refractivity contribution < 1.29 is 14.4 Å². The predicted octanol–water partition coefficient (Wildman–Crippen LogP) is 3.15. The van der Waals surface area contributed by atoms with Gasteiger partial charge < -0.3 is 10.5 Å². The minimum Gasteiger partial charge on any atom is -0.456 e. The molecule has 1 amide bonds. The molecule has 0 bridgehead atoms. The molecule has 1 aromatic heterocycles. The third-order valence-corrected chi connectivity index (χ3v) is 2.55. The number of amides is 1. The van der Waals surface area contributed by atoms with Crippen molar-refractivity contribution >= 4 is 17.9 Å². The summed E-state index contributed by atoms with van der Waals surface area (Å²) in [6.07, 6.45) is 2.18. The van der Waals surface area contributed by atoms with Crippen LogP contribution in [0.5, 0.6) is 11.5 Å². The van der Waals surface area contributed by atoms with Crippen LogP contribution in [0.4, 0.5) is 11.5 Å². The van der Waals surface area contributed by atoms with Crippen LogP contribution in [-0.4, -0.2) is 17.0 Å². The van der Waals surface area contributed by atoms with Gasteiger partial charge in [0.05, 0.1) is 17.5 Å². The molecular formula is C16H19N3O3. The van der Waals surface area contributed by atoms with Gasteiger partial charge in [-0.1, -0.05) is 0 Å². The molecule has 0 radical (unpaired) electrons. The first-order valence-corrected chi connectivity index (χ1v) is 6.80. The molecule has 0 atom stereocenters. The number of hydrogen-bond acceptors (Lipinski definition) is 5. The Morgan fingerprint density at radius 1 is 1.09 bits per heavy atom. The normalized spacial score (nSPS) is 11.0. The van der Waals surface area contributed by atoms with E-state index in [0.29, 0.717) is 29.4 Å². The molecule has 0 aliphatic heterocycles. The number of anilines is 2. The van der Waals surface area contributed by atoms with Crippen LogP contribution in [0, 0.1) is 0 Å². The van der Waals surface area contributed by atoms with Gasteiger partial charge in [0, 0.05) is 0 Å². The fourth-order valence-electron chi connectivity index (χ4n) is 1.68. The molecule has 0 unspecified atom stereocenters. The van der Waals surface area contributed by atoms with Crippen LogP contribution in [0.1, 0.15) is 20.8 Å². The van der Waals surface area contributed by atoms with Gasteiger partial charge in [-0.15, -0.1) is 0 Å². The minimum absolute atomic E-state index is 0.434. The van der Waals surface area contributed by atoms with E-state index in [-0.39, 0.29) is 0 Å². The van der Waals surface area contributed by atoms with Gasteiger partial charge >= 0.3 is 0 Å². The van der Waals surface area contributed by atoms with Crippen molar-refractivity contribution in [2.24, 2.45) is 0 Å². The molecule has 6 heteroatoms. The number of aromatic nitrogens is 1. The Bertz CT molecular complexity index is 619. The summed E-state index contributed by atoms with van der Waals surface area (Å²) in [4.78, 5) is 20.6. The summed E-state index contributed by atoms with van der Waals surface area (Å²) in [5, 5.41) is 1.19. The molecular weight excluding hydrogens is 282 g/mol. The summed E-state index contributed by atoms with van der Waals surface area (Å²) < 4.78 is 5.64. The van der Waals surface area contributed by atoms with Crippen molar-refractivity contribution in [3.63, 3.8) is 0 Å². The van der Waals surface area contributed by atoms with Crippen LogP contribution in [0.15, 0.2) is 42.6 Å². The van der Waals surface area contributed by atoms with Gasteiger partial charge in [-0.2, -0.15) is 5.06 Å². The largest absolute Gasteiger partial charge is 0.456 e. The zero-order chi connectivity index (χ0) is 16.2. The lowest BCUT2D eigenvalue weighted by Gasteiger charge is -2.26. The molecule has 0 fully saturated rings. The Balaban J connectivity index is 2.09. The molecule has 2 aromatic rings. The average molecular weight is 301 g/mol. The van der Waals surface area contributed by atoms with Crippen LogP contribution in [-0.2, 0) is 9.63 Å². The molecule has 0 saturated carbocycles. The maximum atomic E-state index is 11.1. The number of nitrogen functional groups attached to an aromatic ring is 1. The van der Waals surface area contributed by atoms with Gasteiger partial charge in [0.2, 0.25) is 6.41 Å². The fraction of sp³-hybridized carbons (Fsp3) is 0.250. The molecule has 2 N–H and O–H groups in total. The lowest BCUT2D eigenvalue weighted by molar-refractivity contribution is -0.120. The van der Waals surface area contributed by atoms with Crippen molar-refractivity contribution in [1.82, 2.24) is 4.98 Å². The molecule has 1 aromatic carbocycles. The molecule has 0 aliphatic rings. The topological polar surface area (TPSA) is 77.7 Å². The molecule has 2 rings (SSSR count). The lowest BCUT2D eigenvalue weighted by atomic mass is 10.2. The highest BCUT2D eigenvalue weighted by atomic mass is 16.7. The highest BCUT2D eigenvalue weighted by Gasteiger charge is 2.17. The van der Waals surface area contributed by atoms with Gasteiger partial charge in [0.25, 0.3) is 0 Å². The zero-order valence-corrected chi connectivity index (χ0v) is 12.8. The number of benzene rings is 1. The standard InChI is InChI=1S/C16H19N3O3/c1-16(2,3)22-19(11-20)12-4-6-13(7-5-12)21-14-8-9-15(17)18-10-14/h4-11H,1-3H3,(H2,17,18). The SMILES string of the molecule is CC(C)(C)ON(C=O)c1ccc(Oc2ccc(N)nc2)cc1. The number of hydrogen-bond donors (Lipinski definition) is 1. The van der Waals surface area contributed by atoms with Crippen LogP contribution >= 0.6 is 0 Å². The highest BCUT2D eigenvalue weighted by Crippen LogP contribution is 2.25. The Morgan fingerprint density at radius 2 is 1.73 bits per heavy atom. The van der Waals surface area contributed by atoms with Crippen LogP contribution in [0.2, 0.25) is 0 Å².